The molecule has 1 aliphatic heterocycles. The summed E-state index contributed by atoms with van der Waals surface area (Å²) < 4.78 is 43.9. The van der Waals surface area contributed by atoms with E-state index in [2.05, 4.69) is 0 Å². The molecule has 3 unspecified atom stereocenters. The summed E-state index contributed by atoms with van der Waals surface area (Å²) >= 11 is 1.24. The van der Waals surface area contributed by atoms with Crippen LogP contribution in [0.15, 0.2) is 24.3 Å². The van der Waals surface area contributed by atoms with Crippen LogP contribution in [0.3, 0.4) is 0 Å². The Bertz CT molecular complexity index is 794. The zero-order chi connectivity index (χ0) is 20.4. The van der Waals surface area contributed by atoms with Crippen LogP contribution in [0.1, 0.15) is 37.6 Å². The minimum atomic E-state index is -4.64. The van der Waals surface area contributed by atoms with Crippen molar-refractivity contribution in [1.29, 1.82) is 0 Å². The Labute approximate surface area is 163 Å². The Hall–Kier alpha value is -1.58. The maximum atomic E-state index is 12.8. The second-order valence-corrected chi connectivity index (χ2v) is 10.2. The van der Waals surface area contributed by atoms with E-state index in [-0.39, 0.29) is 17.7 Å². The molecular weight excluding hydrogens is 392 g/mol. The van der Waals surface area contributed by atoms with Crippen molar-refractivity contribution >= 4 is 33.6 Å². The smallest absolute Gasteiger partial charge is 0.319 e. The molecule has 27 heavy (non-hydrogen) atoms. The van der Waals surface area contributed by atoms with E-state index >= 15 is 0 Å². The second kappa shape index (κ2) is 8.20. The number of ether oxygens (including phenoxy) is 2. The van der Waals surface area contributed by atoms with Gasteiger partial charge in [0.2, 0.25) is 0 Å². The molecule has 0 aromatic heterocycles. The van der Waals surface area contributed by atoms with Crippen LogP contribution >= 0.6 is 11.8 Å². The van der Waals surface area contributed by atoms with Gasteiger partial charge in [0.25, 0.3) is 10.1 Å². The highest BCUT2D eigenvalue weighted by Gasteiger charge is 2.45. The largest absolute Gasteiger partial charge is 0.497 e. The van der Waals surface area contributed by atoms with Crippen molar-refractivity contribution in [2.75, 3.05) is 12.9 Å². The highest BCUT2D eigenvalue weighted by atomic mass is 32.2. The summed E-state index contributed by atoms with van der Waals surface area (Å²) in [6.07, 6.45) is 0.145. The third-order valence-electron chi connectivity index (χ3n) is 4.08. The number of methoxy groups -OCH3 is 1. The first-order valence-corrected chi connectivity index (χ1v) is 11.0. The highest BCUT2D eigenvalue weighted by Crippen LogP contribution is 2.38. The predicted molar refractivity (Wildman–Crippen MR) is 103 cm³/mol. The molecule has 1 aromatic carbocycles. The van der Waals surface area contributed by atoms with Crippen molar-refractivity contribution in [3.05, 3.63) is 29.8 Å². The Morgan fingerprint density at radius 2 is 1.81 bits per heavy atom. The van der Waals surface area contributed by atoms with Gasteiger partial charge < -0.3 is 9.47 Å². The molecule has 1 N–H and O–H groups in total. The molecule has 9 heteroatoms. The summed E-state index contributed by atoms with van der Waals surface area (Å²) in [5, 5.41) is -2.19. The number of esters is 1. The van der Waals surface area contributed by atoms with E-state index in [9.17, 15) is 22.6 Å². The summed E-state index contributed by atoms with van der Waals surface area (Å²) in [7, 11) is -3.17. The molecule has 3 atom stereocenters. The van der Waals surface area contributed by atoms with Crippen molar-refractivity contribution in [1.82, 2.24) is 0 Å². The number of hydrogen-bond acceptors (Lipinski definition) is 7. The van der Waals surface area contributed by atoms with Gasteiger partial charge in [-0.05, 0) is 63.1 Å². The average Bonchev–Trinajstić information content (AvgIpc) is 3.01. The van der Waals surface area contributed by atoms with Crippen LogP contribution < -0.4 is 4.74 Å². The normalized spacial score (nSPS) is 21.5. The van der Waals surface area contributed by atoms with Gasteiger partial charge in [-0.15, -0.1) is 11.8 Å². The van der Waals surface area contributed by atoms with Gasteiger partial charge in [-0.2, -0.15) is 8.42 Å². The molecule has 0 radical (unpaired) electrons. The summed E-state index contributed by atoms with van der Waals surface area (Å²) in [4.78, 5) is 25.0. The first-order valence-electron chi connectivity index (χ1n) is 8.41. The van der Waals surface area contributed by atoms with Crippen molar-refractivity contribution in [2.24, 2.45) is 5.92 Å². The fourth-order valence-electron chi connectivity index (χ4n) is 2.91. The molecule has 2 rings (SSSR count). The number of rotatable bonds is 6. The Balaban J connectivity index is 2.20. The van der Waals surface area contributed by atoms with Crippen molar-refractivity contribution < 1.29 is 32.0 Å². The number of Topliss-reactive ketones (excluding diaryl/α,β-unsaturated/α-hetero) is 1. The number of benzene rings is 1. The van der Waals surface area contributed by atoms with E-state index < -0.39 is 43.9 Å². The molecule has 1 aliphatic rings. The van der Waals surface area contributed by atoms with E-state index in [1.165, 1.54) is 31.0 Å². The summed E-state index contributed by atoms with van der Waals surface area (Å²) in [5.41, 5.74) is -0.499. The lowest BCUT2D eigenvalue weighted by Gasteiger charge is -2.22. The lowest BCUT2D eigenvalue weighted by Crippen LogP contribution is -2.38. The minimum Gasteiger partial charge on any atom is -0.497 e. The number of hydrogen-bond donors (Lipinski definition) is 1. The molecule has 0 bridgehead atoms. The van der Waals surface area contributed by atoms with E-state index in [0.717, 1.165) is 0 Å². The maximum absolute atomic E-state index is 12.8. The van der Waals surface area contributed by atoms with Gasteiger partial charge in [0.15, 0.2) is 11.0 Å². The molecule has 150 valence electrons. The molecule has 1 fully saturated rings. The fourth-order valence-corrected chi connectivity index (χ4v) is 5.50. The van der Waals surface area contributed by atoms with Gasteiger partial charge in [-0.1, -0.05) is 0 Å². The van der Waals surface area contributed by atoms with Gasteiger partial charge in [0.1, 0.15) is 16.6 Å². The quantitative estimate of drug-likeness (QED) is 0.428. The van der Waals surface area contributed by atoms with Gasteiger partial charge in [0, 0.05) is 5.56 Å². The van der Waals surface area contributed by atoms with E-state index in [0.29, 0.717) is 5.75 Å². The molecule has 0 amide bonds. The first-order chi connectivity index (χ1) is 12.4. The molecule has 0 spiro atoms. The van der Waals surface area contributed by atoms with Crippen molar-refractivity contribution in [3.63, 3.8) is 0 Å². The molecule has 7 nitrogen and oxygen atoms in total. The molecule has 0 saturated carbocycles. The Kier molecular flexibility index (Phi) is 6.59. The Morgan fingerprint density at radius 1 is 1.22 bits per heavy atom. The van der Waals surface area contributed by atoms with Crippen LogP contribution in [0.4, 0.5) is 0 Å². The minimum absolute atomic E-state index is 0.145. The van der Waals surface area contributed by atoms with E-state index in [1.54, 1.807) is 32.9 Å². The van der Waals surface area contributed by atoms with Gasteiger partial charge in [0.05, 0.1) is 7.11 Å². The Morgan fingerprint density at radius 3 is 2.30 bits per heavy atom. The van der Waals surface area contributed by atoms with Crippen LogP contribution in [-0.4, -0.2) is 53.7 Å². The molecule has 1 aromatic rings. The second-order valence-electron chi connectivity index (χ2n) is 7.38. The summed E-state index contributed by atoms with van der Waals surface area (Å²) in [6, 6.07) is 5.99. The zero-order valence-corrected chi connectivity index (χ0v) is 17.3. The number of carbonyl (C=O) groups excluding carboxylic acids is 2. The van der Waals surface area contributed by atoms with Crippen molar-refractivity contribution in [3.8, 4) is 5.75 Å². The third-order valence-corrected chi connectivity index (χ3v) is 6.73. The van der Waals surface area contributed by atoms with E-state index in [1.807, 2.05) is 0 Å². The molecular formula is C18H24O7S2. The molecule has 0 aliphatic carbocycles. The van der Waals surface area contributed by atoms with Gasteiger partial charge >= 0.3 is 5.97 Å². The maximum Gasteiger partial charge on any atom is 0.319 e. The lowest BCUT2D eigenvalue weighted by molar-refractivity contribution is -0.154. The predicted octanol–water partition coefficient (Wildman–Crippen LogP) is 2.60. The third kappa shape index (κ3) is 5.70. The zero-order valence-electron chi connectivity index (χ0n) is 15.7. The van der Waals surface area contributed by atoms with Crippen LogP contribution in [0.2, 0.25) is 0 Å². The molecule has 1 saturated heterocycles. The van der Waals surface area contributed by atoms with Crippen LogP contribution in [0.5, 0.6) is 5.75 Å². The van der Waals surface area contributed by atoms with Crippen LogP contribution in [0.25, 0.3) is 0 Å². The topological polar surface area (TPSA) is 107 Å². The number of carbonyl (C=O) groups is 2. The summed E-state index contributed by atoms with van der Waals surface area (Å²) in [6.45, 7) is 5.24. The van der Waals surface area contributed by atoms with Gasteiger partial charge in [-0.25, -0.2) is 0 Å². The van der Waals surface area contributed by atoms with E-state index in [4.69, 9.17) is 9.47 Å². The highest BCUT2D eigenvalue weighted by molar-refractivity contribution is 8.00. The average molecular weight is 417 g/mol. The molecule has 1 heterocycles. The van der Waals surface area contributed by atoms with Crippen LogP contribution in [0, 0.1) is 5.92 Å². The van der Waals surface area contributed by atoms with Gasteiger partial charge in [-0.3, -0.25) is 14.1 Å². The summed E-state index contributed by atoms with van der Waals surface area (Å²) in [5.74, 6) is -1.04. The number of ketones is 1. The lowest BCUT2D eigenvalue weighted by atomic mass is 9.95. The standard InChI is InChI=1S/C18H24O7S2/c1-18(2,3)25-17(20)14-9-12(10-26-14)16(27(21,22)23)15(19)11-5-7-13(24-4)8-6-11/h5-8,12,14,16H,9-10H2,1-4H3,(H,21,22,23). The monoisotopic (exact) mass is 416 g/mol. The fraction of sp³-hybridized carbons (Fsp3) is 0.556. The SMILES string of the molecule is COc1ccc(C(=O)C(C2CSC(C(=O)OC(C)(C)C)C2)S(=O)(=O)O)cc1. The number of thioether (sulfide) groups is 1. The first kappa shape index (κ1) is 21.7. The van der Waals surface area contributed by atoms with Crippen LogP contribution in [-0.2, 0) is 19.6 Å². The van der Waals surface area contributed by atoms with Crippen molar-refractivity contribution in [2.45, 2.75) is 43.3 Å².